The SMILES string of the molecule is O=C(N[C@H](Cc1ccccc1)C(=O)Nc1ccccn1)C1CC(=O)N(c2ccccc2)C1. The van der Waals surface area contributed by atoms with Crippen molar-refractivity contribution < 1.29 is 14.4 Å². The molecule has 2 atom stereocenters. The highest BCUT2D eigenvalue weighted by atomic mass is 16.2. The summed E-state index contributed by atoms with van der Waals surface area (Å²) in [5.41, 5.74) is 1.68. The van der Waals surface area contributed by atoms with Gasteiger partial charge in [-0.3, -0.25) is 14.4 Å². The van der Waals surface area contributed by atoms with E-state index in [4.69, 9.17) is 0 Å². The molecule has 1 unspecified atom stereocenters. The monoisotopic (exact) mass is 428 g/mol. The van der Waals surface area contributed by atoms with E-state index in [1.165, 1.54) is 0 Å². The van der Waals surface area contributed by atoms with Gasteiger partial charge in [0.25, 0.3) is 0 Å². The second-order valence-corrected chi connectivity index (χ2v) is 7.70. The molecular weight excluding hydrogens is 404 g/mol. The highest BCUT2D eigenvalue weighted by Gasteiger charge is 2.36. The molecule has 2 heterocycles. The minimum Gasteiger partial charge on any atom is -0.344 e. The maximum Gasteiger partial charge on any atom is 0.248 e. The van der Waals surface area contributed by atoms with Gasteiger partial charge in [0.2, 0.25) is 17.7 Å². The average Bonchev–Trinajstić information content (AvgIpc) is 3.22. The van der Waals surface area contributed by atoms with Crippen LogP contribution < -0.4 is 15.5 Å². The van der Waals surface area contributed by atoms with E-state index in [2.05, 4.69) is 15.6 Å². The fraction of sp³-hybridized carbons (Fsp3) is 0.200. The van der Waals surface area contributed by atoms with Gasteiger partial charge in [-0.25, -0.2) is 4.98 Å². The van der Waals surface area contributed by atoms with Crippen molar-refractivity contribution in [2.24, 2.45) is 5.92 Å². The summed E-state index contributed by atoms with van der Waals surface area (Å²) in [6.07, 6.45) is 2.03. The lowest BCUT2D eigenvalue weighted by molar-refractivity contribution is -0.129. The lowest BCUT2D eigenvalue weighted by Gasteiger charge is -2.21. The maximum absolute atomic E-state index is 13.0. The van der Waals surface area contributed by atoms with Crippen LogP contribution in [0.1, 0.15) is 12.0 Å². The fourth-order valence-corrected chi connectivity index (χ4v) is 3.74. The van der Waals surface area contributed by atoms with Gasteiger partial charge in [-0.05, 0) is 29.8 Å². The average molecular weight is 428 g/mol. The number of nitrogens with zero attached hydrogens (tertiary/aromatic N) is 2. The van der Waals surface area contributed by atoms with Crippen LogP contribution in [-0.2, 0) is 20.8 Å². The predicted octanol–water partition coefficient (Wildman–Crippen LogP) is 2.80. The first-order chi connectivity index (χ1) is 15.6. The Morgan fingerprint density at radius 1 is 0.969 bits per heavy atom. The van der Waals surface area contributed by atoms with E-state index in [0.29, 0.717) is 12.2 Å². The predicted molar refractivity (Wildman–Crippen MR) is 122 cm³/mol. The first kappa shape index (κ1) is 21.2. The van der Waals surface area contributed by atoms with E-state index in [9.17, 15) is 14.4 Å². The molecule has 1 aliphatic heterocycles. The van der Waals surface area contributed by atoms with Gasteiger partial charge in [-0.2, -0.15) is 0 Å². The zero-order chi connectivity index (χ0) is 22.3. The molecule has 0 radical (unpaired) electrons. The molecule has 3 aromatic rings. The van der Waals surface area contributed by atoms with Crippen LogP contribution in [0.5, 0.6) is 0 Å². The Bertz CT molecular complexity index is 1070. The minimum absolute atomic E-state index is 0.103. The molecule has 7 nitrogen and oxygen atoms in total. The molecule has 1 fully saturated rings. The van der Waals surface area contributed by atoms with Crippen LogP contribution in [0.15, 0.2) is 85.1 Å². The number of para-hydroxylation sites is 1. The third kappa shape index (κ3) is 5.18. The van der Waals surface area contributed by atoms with Crippen molar-refractivity contribution in [3.63, 3.8) is 0 Å². The van der Waals surface area contributed by atoms with Gasteiger partial charge in [0.15, 0.2) is 0 Å². The zero-order valence-corrected chi connectivity index (χ0v) is 17.5. The fourth-order valence-electron chi connectivity index (χ4n) is 3.74. The number of anilines is 2. The van der Waals surface area contributed by atoms with Gasteiger partial charge in [0, 0.05) is 31.3 Å². The molecule has 1 aromatic heterocycles. The van der Waals surface area contributed by atoms with Crippen molar-refractivity contribution in [1.82, 2.24) is 10.3 Å². The lowest BCUT2D eigenvalue weighted by atomic mass is 10.0. The van der Waals surface area contributed by atoms with E-state index in [0.717, 1.165) is 11.3 Å². The van der Waals surface area contributed by atoms with Crippen molar-refractivity contribution >= 4 is 29.2 Å². The van der Waals surface area contributed by atoms with Gasteiger partial charge < -0.3 is 15.5 Å². The second-order valence-electron chi connectivity index (χ2n) is 7.70. The van der Waals surface area contributed by atoms with E-state index < -0.39 is 12.0 Å². The standard InChI is InChI=1S/C25H24N4O3/c30-23-16-19(17-29(23)20-11-5-2-6-12-20)24(31)27-21(15-18-9-3-1-4-10-18)25(32)28-22-13-7-8-14-26-22/h1-14,19,21H,15-17H2,(H,27,31)(H,26,28,32)/t19?,21-/m1/s1. The van der Waals surface area contributed by atoms with Crippen LogP contribution in [0, 0.1) is 5.92 Å². The zero-order valence-electron chi connectivity index (χ0n) is 17.5. The van der Waals surface area contributed by atoms with Gasteiger partial charge in [0.1, 0.15) is 11.9 Å². The molecular formula is C25H24N4O3. The molecule has 162 valence electrons. The first-order valence-electron chi connectivity index (χ1n) is 10.5. The van der Waals surface area contributed by atoms with Crippen molar-refractivity contribution in [2.45, 2.75) is 18.9 Å². The smallest absolute Gasteiger partial charge is 0.248 e. The van der Waals surface area contributed by atoms with Crippen molar-refractivity contribution in [1.29, 1.82) is 0 Å². The number of nitrogens with one attached hydrogen (secondary N) is 2. The summed E-state index contributed by atoms with van der Waals surface area (Å²) in [7, 11) is 0. The third-order valence-electron chi connectivity index (χ3n) is 5.40. The Labute approximate surface area is 186 Å². The quantitative estimate of drug-likeness (QED) is 0.605. The van der Waals surface area contributed by atoms with Crippen molar-refractivity contribution in [3.05, 3.63) is 90.6 Å². The summed E-state index contributed by atoms with van der Waals surface area (Å²) in [4.78, 5) is 44.3. The Morgan fingerprint density at radius 3 is 2.34 bits per heavy atom. The molecule has 32 heavy (non-hydrogen) atoms. The Balaban J connectivity index is 1.47. The van der Waals surface area contributed by atoms with E-state index in [1.54, 1.807) is 29.3 Å². The Kier molecular flexibility index (Phi) is 6.55. The minimum atomic E-state index is -0.798. The summed E-state index contributed by atoms with van der Waals surface area (Å²) < 4.78 is 0. The molecule has 0 bridgehead atoms. The van der Waals surface area contributed by atoms with Crippen LogP contribution in [0.3, 0.4) is 0 Å². The molecule has 1 aliphatic rings. The normalized spacial score (nSPS) is 16.4. The van der Waals surface area contributed by atoms with Crippen molar-refractivity contribution in [2.75, 3.05) is 16.8 Å². The van der Waals surface area contributed by atoms with Crippen LogP contribution in [0.25, 0.3) is 0 Å². The maximum atomic E-state index is 13.0. The summed E-state index contributed by atoms with van der Waals surface area (Å²) in [5, 5.41) is 5.62. The number of rotatable bonds is 7. The largest absolute Gasteiger partial charge is 0.344 e. The van der Waals surface area contributed by atoms with Gasteiger partial charge in [0.05, 0.1) is 5.92 Å². The number of benzene rings is 2. The number of carbonyl (C=O) groups excluding carboxylic acids is 3. The van der Waals surface area contributed by atoms with E-state index in [1.807, 2.05) is 60.7 Å². The topological polar surface area (TPSA) is 91.4 Å². The number of hydrogen-bond donors (Lipinski definition) is 2. The summed E-state index contributed by atoms with van der Waals surface area (Å²) in [6, 6.07) is 23.2. The second kappa shape index (κ2) is 9.87. The summed E-state index contributed by atoms with van der Waals surface area (Å²) >= 11 is 0. The molecule has 4 rings (SSSR count). The first-order valence-corrected chi connectivity index (χ1v) is 10.5. The van der Waals surface area contributed by atoms with Gasteiger partial charge >= 0.3 is 0 Å². The van der Waals surface area contributed by atoms with Gasteiger partial charge in [-0.15, -0.1) is 0 Å². The highest BCUT2D eigenvalue weighted by Crippen LogP contribution is 2.25. The molecule has 2 N–H and O–H groups in total. The summed E-state index contributed by atoms with van der Waals surface area (Å²) in [6.45, 7) is 0.286. The number of hydrogen-bond acceptors (Lipinski definition) is 4. The number of carbonyl (C=O) groups is 3. The van der Waals surface area contributed by atoms with Crippen LogP contribution in [0.2, 0.25) is 0 Å². The molecule has 0 saturated carbocycles. The Morgan fingerprint density at radius 2 is 1.66 bits per heavy atom. The van der Waals surface area contributed by atoms with Crippen LogP contribution in [-0.4, -0.2) is 35.3 Å². The molecule has 1 saturated heterocycles. The molecule has 0 spiro atoms. The van der Waals surface area contributed by atoms with E-state index in [-0.39, 0.29) is 30.7 Å². The number of aromatic nitrogens is 1. The molecule has 0 aliphatic carbocycles. The molecule has 2 aromatic carbocycles. The van der Waals surface area contributed by atoms with Crippen LogP contribution >= 0.6 is 0 Å². The lowest BCUT2D eigenvalue weighted by Crippen LogP contribution is -2.47. The molecule has 3 amide bonds. The van der Waals surface area contributed by atoms with Crippen LogP contribution in [0.4, 0.5) is 11.5 Å². The summed E-state index contributed by atoms with van der Waals surface area (Å²) in [5.74, 6) is -0.882. The number of pyridine rings is 1. The van der Waals surface area contributed by atoms with Gasteiger partial charge in [-0.1, -0.05) is 54.6 Å². The molecule has 7 heteroatoms. The van der Waals surface area contributed by atoms with Crippen molar-refractivity contribution in [3.8, 4) is 0 Å². The Hall–Kier alpha value is -4.00. The highest BCUT2D eigenvalue weighted by molar-refractivity contribution is 6.02. The van der Waals surface area contributed by atoms with E-state index >= 15 is 0 Å². The third-order valence-corrected chi connectivity index (χ3v) is 5.40. The number of amides is 3.